The number of aromatic nitrogens is 1. The Balaban J connectivity index is 1.61. The number of aromatic amines is 1. The molecular weight excluding hydrogens is 456 g/mol. The first-order valence-electron chi connectivity index (χ1n) is 11.5. The fourth-order valence-corrected chi connectivity index (χ4v) is 4.67. The maximum atomic E-state index is 13.1. The lowest BCUT2D eigenvalue weighted by Gasteiger charge is -2.26. The minimum absolute atomic E-state index is 0.0799. The molecule has 0 aliphatic carbocycles. The van der Waals surface area contributed by atoms with Gasteiger partial charge in [0.25, 0.3) is 5.56 Å². The average molecular weight is 482 g/mol. The number of hydrogen-bond donors (Lipinski definition) is 2. The van der Waals surface area contributed by atoms with E-state index >= 15 is 0 Å². The molecule has 1 atom stereocenters. The smallest absolute Gasteiger partial charge is 0.306 e. The number of rotatable bonds is 6. The van der Waals surface area contributed by atoms with E-state index in [2.05, 4.69) is 9.88 Å². The number of piperidine rings is 1. The number of fused-ring (bicyclic) bond motifs is 2. The molecule has 2 aromatic heterocycles. The number of ether oxygens (including phenoxy) is 3. The van der Waals surface area contributed by atoms with Crippen LogP contribution in [0.25, 0.3) is 10.9 Å². The summed E-state index contributed by atoms with van der Waals surface area (Å²) in [6.07, 6.45) is 2.98. The summed E-state index contributed by atoms with van der Waals surface area (Å²) in [6.45, 7) is 2.24. The van der Waals surface area contributed by atoms with Gasteiger partial charge in [-0.1, -0.05) is 6.42 Å². The molecule has 2 aliphatic heterocycles. The normalized spacial score (nSPS) is 16.4. The summed E-state index contributed by atoms with van der Waals surface area (Å²) in [5.74, 6) is -1.04. The fourth-order valence-electron chi connectivity index (χ4n) is 4.67. The van der Waals surface area contributed by atoms with Crippen molar-refractivity contribution in [2.24, 2.45) is 0 Å². The number of aromatic hydroxyl groups is 1. The molecule has 2 aliphatic rings. The molecular formula is C25H26N2O8. The molecule has 35 heavy (non-hydrogen) atoms. The van der Waals surface area contributed by atoms with Gasteiger partial charge in [0.05, 0.1) is 31.5 Å². The molecule has 10 heteroatoms. The van der Waals surface area contributed by atoms with Gasteiger partial charge in [0, 0.05) is 23.1 Å². The van der Waals surface area contributed by atoms with E-state index in [1.54, 1.807) is 18.2 Å². The van der Waals surface area contributed by atoms with Gasteiger partial charge < -0.3 is 28.7 Å². The number of esters is 1. The summed E-state index contributed by atoms with van der Waals surface area (Å²) in [6, 6.07) is 6.23. The fraction of sp³-hybridized carbons (Fsp3) is 0.400. The quantitative estimate of drug-likeness (QED) is 0.509. The maximum absolute atomic E-state index is 13.1. The zero-order valence-electron chi connectivity index (χ0n) is 19.3. The van der Waals surface area contributed by atoms with E-state index in [1.165, 1.54) is 13.2 Å². The van der Waals surface area contributed by atoms with E-state index in [4.69, 9.17) is 18.6 Å². The number of hydrogen-bond acceptors (Lipinski definition) is 9. The van der Waals surface area contributed by atoms with Gasteiger partial charge in [0.2, 0.25) is 18.0 Å². The lowest BCUT2D eigenvalue weighted by atomic mass is 9.92. The monoisotopic (exact) mass is 482 g/mol. The Bertz CT molecular complexity index is 1390. The molecule has 3 aromatic rings. The van der Waals surface area contributed by atoms with Crippen LogP contribution in [0.2, 0.25) is 0 Å². The molecule has 5 rings (SSSR count). The van der Waals surface area contributed by atoms with Crippen LogP contribution < -0.4 is 20.5 Å². The molecule has 10 nitrogen and oxygen atoms in total. The first-order valence-corrected chi connectivity index (χ1v) is 11.5. The van der Waals surface area contributed by atoms with Gasteiger partial charge in [-0.25, -0.2) is 0 Å². The van der Waals surface area contributed by atoms with Gasteiger partial charge in [0.15, 0.2) is 17.3 Å². The SMILES string of the molecule is COC(=O)CC(c1oc(CN2CCCCC2)cc(=O)c1O)c1cc2cc3c(cc2[nH]c1=O)OCO3. The summed E-state index contributed by atoms with van der Waals surface area (Å²) in [4.78, 5) is 43.1. The van der Waals surface area contributed by atoms with E-state index in [1.807, 2.05) is 0 Å². The van der Waals surface area contributed by atoms with Crippen LogP contribution in [0.15, 0.2) is 38.3 Å². The van der Waals surface area contributed by atoms with Crippen LogP contribution >= 0.6 is 0 Å². The minimum atomic E-state index is -1.05. The van der Waals surface area contributed by atoms with E-state index in [0.29, 0.717) is 34.7 Å². The van der Waals surface area contributed by atoms with E-state index in [9.17, 15) is 19.5 Å². The van der Waals surface area contributed by atoms with Crippen molar-refractivity contribution in [2.75, 3.05) is 27.0 Å². The second kappa shape index (κ2) is 9.46. The van der Waals surface area contributed by atoms with Crippen LogP contribution in [0.5, 0.6) is 17.2 Å². The lowest BCUT2D eigenvalue weighted by Crippen LogP contribution is -2.29. The standard InChI is InChI=1S/C25H26N2O8/c1-32-22(29)10-16(17-7-14-8-20-21(34-13-33-20)11-18(14)26-25(17)31)24-23(30)19(28)9-15(35-24)12-27-5-3-2-4-6-27/h7-9,11,16,30H,2-6,10,12-13H2,1H3,(H,26,31). The predicted molar refractivity (Wildman–Crippen MR) is 125 cm³/mol. The highest BCUT2D eigenvalue weighted by atomic mass is 16.7. The number of pyridine rings is 1. The number of benzene rings is 1. The second-order valence-corrected chi connectivity index (χ2v) is 8.81. The molecule has 1 saturated heterocycles. The van der Waals surface area contributed by atoms with Crippen LogP contribution in [-0.4, -0.2) is 48.0 Å². The summed E-state index contributed by atoms with van der Waals surface area (Å²) < 4.78 is 21.6. The number of carbonyl (C=O) groups is 1. The molecule has 0 amide bonds. The average Bonchev–Trinajstić information content (AvgIpc) is 3.31. The lowest BCUT2D eigenvalue weighted by molar-refractivity contribution is -0.140. The number of methoxy groups -OCH3 is 1. The Morgan fingerprint density at radius 3 is 2.60 bits per heavy atom. The molecule has 0 spiro atoms. The molecule has 4 heterocycles. The van der Waals surface area contributed by atoms with Crippen LogP contribution in [0, 0.1) is 0 Å². The first kappa shape index (κ1) is 23.0. The first-order chi connectivity index (χ1) is 16.9. The molecule has 1 aromatic carbocycles. The summed E-state index contributed by atoms with van der Waals surface area (Å²) in [5.41, 5.74) is -0.456. The largest absolute Gasteiger partial charge is 0.502 e. The molecule has 1 unspecified atom stereocenters. The topological polar surface area (TPSA) is 131 Å². The minimum Gasteiger partial charge on any atom is -0.502 e. The van der Waals surface area contributed by atoms with Crippen molar-refractivity contribution in [1.29, 1.82) is 0 Å². The third kappa shape index (κ3) is 4.61. The molecule has 0 radical (unpaired) electrons. The predicted octanol–water partition coefficient (Wildman–Crippen LogP) is 2.60. The highest BCUT2D eigenvalue weighted by Gasteiger charge is 2.30. The van der Waals surface area contributed by atoms with Gasteiger partial charge >= 0.3 is 5.97 Å². The molecule has 184 valence electrons. The van der Waals surface area contributed by atoms with Crippen molar-refractivity contribution >= 4 is 16.9 Å². The third-order valence-corrected chi connectivity index (χ3v) is 6.48. The highest BCUT2D eigenvalue weighted by molar-refractivity contribution is 5.83. The van der Waals surface area contributed by atoms with E-state index in [0.717, 1.165) is 32.4 Å². The Hall–Kier alpha value is -3.79. The summed E-state index contributed by atoms with van der Waals surface area (Å²) >= 11 is 0. The van der Waals surface area contributed by atoms with Gasteiger partial charge in [-0.3, -0.25) is 19.3 Å². The molecule has 1 fully saturated rings. The van der Waals surface area contributed by atoms with Crippen molar-refractivity contribution in [1.82, 2.24) is 9.88 Å². The van der Waals surface area contributed by atoms with Crippen molar-refractivity contribution in [2.45, 2.75) is 38.1 Å². The summed E-state index contributed by atoms with van der Waals surface area (Å²) in [5, 5.41) is 11.3. The number of nitrogens with one attached hydrogen (secondary N) is 1. The van der Waals surface area contributed by atoms with Crippen molar-refractivity contribution in [3.05, 3.63) is 61.9 Å². The Labute approximate surface area is 200 Å². The summed E-state index contributed by atoms with van der Waals surface area (Å²) in [7, 11) is 1.23. The third-order valence-electron chi connectivity index (χ3n) is 6.48. The number of carbonyl (C=O) groups excluding carboxylic acids is 1. The number of H-pyrrole nitrogens is 1. The van der Waals surface area contributed by atoms with Gasteiger partial charge in [-0.2, -0.15) is 0 Å². The Morgan fingerprint density at radius 1 is 1.11 bits per heavy atom. The van der Waals surface area contributed by atoms with Crippen molar-refractivity contribution in [3.8, 4) is 17.2 Å². The van der Waals surface area contributed by atoms with Gasteiger partial charge in [-0.15, -0.1) is 0 Å². The number of nitrogens with zero attached hydrogens (tertiary/aromatic N) is 1. The zero-order valence-corrected chi connectivity index (χ0v) is 19.3. The van der Waals surface area contributed by atoms with Crippen molar-refractivity contribution in [3.63, 3.8) is 0 Å². The van der Waals surface area contributed by atoms with Crippen molar-refractivity contribution < 1.29 is 28.5 Å². The molecule has 2 N–H and O–H groups in total. The second-order valence-electron chi connectivity index (χ2n) is 8.81. The molecule has 0 bridgehead atoms. The van der Waals surface area contributed by atoms with Gasteiger partial charge in [-0.05, 0) is 38.1 Å². The van der Waals surface area contributed by atoms with Gasteiger partial charge in [0.1, 0.15) is 5.76 Å². The Kier molecular flexibility index (Phi) is 6.21. The van der Waals surface area contributed by atoms with Crippen LogP contribution in [-0.2, 0) is 16.1 Å². The highest BCUT2D eigenvalue weighted by Crippen LogP contribution is 2.37. The maximum Gasteiger partial charge on any atom is 0.306 e. The van der Waals surface area contributed by atoms with Crippen LogP contribution in [0.4, 0.5) is 0 Å². The van der Waals surface area contributed by atoms with E-state index < -0.39 is 28.6 Å². The number of likely N-dealkylation sites (tertiary alicyclic amines) is 1. The van der Waals surface area contributed by atoms with E-state index in [-0.39, 0.29) is 24.5 Å². The van der Waals surface area contributed by atoms with Crippen LogP contribution in [0.3, 0.4) is 0 Å². The Morgan fingerprint density at radius 2 is 1.86 bits per heavy atom. The van der Waals surface area contributed by atoms with Crippen LogP contribution in [0.1, 0.15) is 48.7 Å². The molecule has 0 saturated carbocycles. The zero-order chi connectivity index (χ0) is 24.5.